The molecule has 4 rings (SSSR count). The van der Waals surface area contributed by atoms with Crippen LogP contribution in [-0.2, 0) is 38.4 Å². The molecule has 2 heterocycles. The highest BCUT2D eigenvalue weighted by Crippen LogP contribution is 2.19. The molecular weight excluding hydrogens is 667 g/mol. The van der Waals surface area contributed by atoms with Crippen LogP contribution in [0.2, 0.25) is 0 Å². The van der Waals surface area contributed by atoms with Crippen molar-refractivity contribution in [1.82, 2.24) is 30.9 Å². The highest BCUT2D eigenvalue weighted by Gasteiger charge is 2.30. The maximum atomic E-state index is 13.9. The fourth-order valence-electron chi connectivity index (χ4n) is 6.74. The second-order valence-corrected chi connectivity index (χ2v) is 14.2. The zero-order valence-electron chi connectivity index (χ0n) is 31.3. The predicted octanol–water partition coefficient (Wildman–Crippen LogP) is 6.34. The largest absolute Gasteiger partial charge is 0.368 e. The zero-order valence-corrected chi connectivity index (χ0v) is 31.3. The molecule has 0 radical (unpaired) electrons. The number of H-pyrrole nitrogens is 2. The van der Waals surface area contributed by atoms with Crippen molar-refractivity contribution in [3.63, 3.8) is 0 Å². The number of carbonyl (C=O) groups is 4. The van der Waals surface area contributed by atoms with Crippen LogP contribution in [0, 0.1) is 0 Å². The Morgan fingerprint density at radius 2 is 1.25 bits per heavy atom. The number of unbranched alkanes of at least 4 members (excludes halogenated alkanes) is 12. The third kappa shape index (κ3) is 14.5. The van der Waals surface area contributed by atoms with E-state index in [9.17, 15) is 19.2 Å². The molecule has 0 unspecified atom stereocenters. The summed E-state index contributed by atoms with van der Waals surface area (Å²) in [5.41, 5.74) is 9.01. The summed E-state index contributed by atoms with van der Waals surface area (Å²) in [5.74, 6) is -1.97. The summed E-state index contributed by atoms with van der Waals surface area (Å²) in [6.07, 6.45) is 21.5. The van der Waals surface area contributed by atoms with Gasteiger partial charge in [0, 0.05) is 54.7 Å². The van der Waals surface area contributed by atoms with Crippen molar-refractivity contribution in [1.29, 1.82) is 0 Å². The minimum absolute atomic E-state index is 0.167. The molecule has 4 aromatic rings. The number of primary amides is 1. The summed E-state index contributed by atoms with van der Waals surface area (Å²) in [4.78, 5) is 63.7. The maximum absolute atomic E-state index is 13.9. The molecule has 0 bridgehead atoms. The van der Waals surface area contributed by atoms with E-state index in [2.05, 4.69) is 37.8 Å². The van der Waals surface area contributed by atoms with E-state index in [1.807, 2.05) is 54.6 Å². The molecule has 0 aliphatic rings. The first-order chi connectivity index (χ1) is 25.8. The van der Waals surface area contributed by atoms with E-state index in [4.69, 9.17) is 5.73 Å². The Balaban J connectivity index is 1.32. The van der Waals surface area contributed by atoms with Crippen LogP contribution in [0.4, 0.5) is 0 Å². The molecule has 0 fully saturated rings. The summed E-state index contributed by atoms with van der Waals surface area (Å²) >= 11 is 0. The molecular formula is C42H59N7O4. The average Bonchev–Trinajstić information content (AvgIpc) is 3.83. The number of rotatable bonds is 26. The Bertz CT molecular complexity index is 1670. The molecule has 0 saturated heterocycles. The van der Waals surface area contributed by atoms with Crippen LogP contribution in [0.25, 0.3) is 10.9 Å². The van der Waals surface area contributed by atoms with Crippen molar-refractivity contribution in [2.75, 3.05) is 0 Å². The molecule has 53 heavy (non-hydrogen) atoms. The van der Waals surface area contributed by atoms with Gasteiger partial charge >= 0.3 is 0 Å². The first-order valence-electron chi connectivity index (χ1n) is 19.6. The minimum Gasteiger partial charge on any atom is -0.368 e. The molecule has 0 aliphatic carbocycles. The van der Waals surface area contributed by atoms with Crippen molar-refractivity contribution in [3.05, 3.63) is 90.1 Å². The summed E-state index contributed by atoms with van der Waals surface area (Å²) in [7, 11) is 0. The number of fused-ring (bicyclic) bond motifs is 1. The standard InChI is InChI=1S/C42H59N7O4/c1-2-3-4-5-6-7-8-9-10-11-12-13-17-24-39(50)47-38(27-33-29-44-30-46-33)42(53)49-37(25-31-20-15-14-16-21-31)41(52)48-36(40(43)51)26-32-28-45-35-23-19-18-22-34(32)35/h14-16,18-23,28-30,36-38,45H,2-13,17,24-27H2,1H3,(H2,43,51)(H,44,46)(H,47,50)(H,48,52)(H,49,53)/t36-,37+,38-/m0/s1. The lowest BCUT2D eigenvalue weighted by Gasteiger charge is -2.25. The topological polar surface area (TPSA) is 175 Å². The number of nitrogens with zero attached hydrogens (tertiary/aromatic N) is 1. The Kier molecular flexibility index (Phi) is 17.6. The zero-order chi connectivity index (χ0) is 37.7. The number of nitrogens with two attached hydrogens (primary N) is 1. The molecule has 2 aromatic carbocycles. The van der Waals surface area contributed by atoms with Gasteiger partial charge in [-0.05, 0) is 23.6 Å². The molecule has 0 spiro atoms. The van der Waals surface area contributed by atoms with Crippen LogP contribution in [-0.4, -0.2) is 56.7 Å². The van der Waals surface area contributed by atoms with E-state index in [0.717, 1.165) is 41.3 Å². The molecule has 4 amide bonds. The molecule has 286 valence electrons. The summed E-state index contributed by atoms with van der Waals surface area (Å²) in [6, 6.07) is 14.0. The highest BCUT2D eigenvalue weighted by atomic mass is 16.2. The number of nitrogens with one attached hydrogen (secondary N) is 5. The Morgan fingerprint density at radius 1 is 0.660 bits per heavy atom. The van der Waals surface area contributed by atoms with Crippen molar-refractivity contribution in [3.8, 4) is 0 Å². The first kappa shape index (κ1) is 40.8. The van der Waals surface area contributed by atoms with Gasteiger partial charge in [-0.2, -0.15) is 0 Å². The SMILES string of the molecule is CCCCCCCCCCCCCCCC(=O)N[C@@H](Cc1cnc[nH]1)C(=O)N[C@H](Cc1ccccc1)C(=O)N[C@@H](Cc1c[nH]c2ccccc12)C(N)=O. The molecule has 2 aromatic heterocycles. The third-order valence-electron chi connectivity index (χ3n) is 9.81. The van der Waals surface area contributed by atoms with E-state index < -0.39 is 35.8 Å². The van der Waals surface area contributed by atoms with Gasteiger partial charge in [0.05, 0.1) is 6.33 Å². The number of carbonyl (C=O) groups excluding carboxylic acids is 4. The van der Waals surface area contributed by atoms with Gasteiger partial charge in [0.1, 0.15) is 18.1 Å². The third-order valence-corrected chi connectivity index (χ3v) is 9.81. The molecule has 11 heteroatoms. The normalized spacial score (nSPS) is 12.9. The number of aromatic amines is 2. The van der Waals surface area contributed by atoms with Gasteiger partial charge in [0.2, 0.25) is 23.6 Å². The van der Waals surface area contributed by atoms with E-state index in [-0.39, 0.29) is 25.2 Å². The number of benzene rings is 2. The van der Waals surface area contributed by atoms with Gasteiger partial charge in [0.25, 0.3) is 0 Å². The lowest BCUT2D eigenvalue weighted by Crippen LogP contribution is -2.57. The van der Waals surface area contributed by atoms with Crippen LogP contribution >= 0.6 is 0 Å². The number of hydrogen-bond acceptors (Lipinski definition) is 5. The van der Waals surface area contributed by atoms with Crippen molar-refractivity contribution in [2.24, 2.45) is 5.73 Å². The van der Waals surface area contributed by atoms with E-state index in [1.165, 1.54) is 70.5 Å². The van der Waals surface area contributed by atoms with Gasteiger partial charge in [-0.25, -0.2) is 4.98 Å². The molecule has 3 atom stereocenters. The highest BCUT2D eigenvalue weighted by molar-refractivity contribution is 5.94. The maximum Gasteiger partial charge on any atom is 0.243 e. The average molecular weight is 726 g/mol. The van der Waals surface area contributed by atoms with Crippen LogP contribution in [0.1, 0.15) is 114 Å². The number of amides is 4. The fraction of sp³-hybridized carbons (Fsp3) is 0.500. The van der Waals surface area contributed by atoms with Gasteiger partial charge in [-0.1, -0.05) is 133 Å². The van der Waals surface area contributed by atoms with E-state index in [1.54, 1.807) is 12.4 Å². The number of para-hydroxylation sites is 1. The van der Waals surface area contributed by atoms with Crippen LogP contribution in [0.15, 0.2) is 73.3 Å². The molecule has 11 nitrogen and oxygen atoms in total. The monoisotopic (exact) mass is 725 g/mol. The number of imidazole rings is 1. The van der Waals surface area contributed by atoms with Gasteiger partial charge in [-0.15, -0.1) is 0 Å². The summed E-state index contributed by atoms with van der Waals surface area (Å²) in [6.45, 7) is 2.25. The number of hydrogen-bond donors (Lipinski definition) is 6. The second-order valence-electron chi connectivity index (χ2n) is 14.2. The van der Waals surface area contributed by atoms with E-state index >= 15 is 0 Å². The molecule has 0 saturated carbocycles. The molecule has 0 aliphatic heterocycles. The number of aromatic nitrogens is 3. The Hall–Kier alpha value is -4.93. The summed E-state index contributed by atoms with van der Waals surface area (Å²) in [5, 5.41) is 9.50. The van der Waals surface area contributed by atoms with Crippen LogP contribution < -0.4 is 21.7 Å². The van der Waals surface area contributed by atoms with Gasteiger partial charge in [-0.3, -0.25) is 19.2 Å². The smallest absolute Gasteiger partial charge is 0.243 e. The Morgan fingerprint density at radius 3 is 1.87 bits per heavy atom. The van der Waals surface area contributed by atoms with Crippen molar-refractivity contribution >= 4 is 34.5 Å². The second kappa shape index (κ2) is 22.9. The van der Waals surface area contributed by atoms with Crippen molar-refractivity contribution in [2.45, 2.75) is 134 Å². The predicted molar refractivity (Wildman–Crippen MR) is 210 cm³/mol. The Labute approximate surface area is 314 Å². The lowest BCUT2D eigenvalue weighted by molar-refractivity contribution is -0.133. The quantitative estimate of drug-likeness (QED) is 0.0414. The summed E-state index contributed by atoms with van der Waals surface area (Å²) < 4.78 is 0. The van der Waals surface area contributed by atoms with Gasteiger partial charge < -0.3 is 31.7 Å². The van der Waals surface area contributed by atoms with Crippen LogP contribution in [0.5, 0.6) is 0 Å². The van der Waals surface area contributed by atoms with Crippen LogP contribution in [0.3, 0.4) is 0 Å². The lowest BCUT2D eigenvalue weighted by atomic mass is 10.0. The fourth-order valence-corrected chi connectivity index (χ4v) is 6.74. The van der Waals surface area contributed by atoms with E-state index in [0.29, 0.717) is 12.1 Å². The minimum atomic E-state index is -1.04. The molecule has 7 N–H and O–H groups in total. The van der Waals surface area contributed by atoms with Crippen molar-refractivity contribution < 1.29 is 19.2 Å². The van der Waals surface area contributed by atoms with Gasteiger partial charge in [0.15, 0.2) is 0 Å². The first-order valence-corrected chi connectivity index (χ1v) is 19.6.